The quantitative estimate of drug-likeness (QED) is 0.801. The van der Waals surface area contributed by atoms with Crippen LogP contribution < -0.4 is 4.74 Å². The molecule has 1 heterocycles. The second kappa shape index (κ2) is 4.59. The number of rotatable bonds is 1. The molecule has 0 fully saturated rings. The standard InChI is InChI=1S/C12H6ClF3N2O/c1-19-6-2-3-9-7(4-6)10(13)8(5-17)11(18-9)12(14,15)16/h2-4H,1H3. The monoisotopic (exact) mass is 286 g/mol. The number of nitriles is 1. The van der Waals surface area contributed by atoms with Gasteiger partial charge < -0.3 is 4.74 Å². The molecule has 0 saturated carbocycles. The van der Waals surface area contributed by atoms with Crippen LogP contribution in [0.2, 0.25) is 5.02 Å². The van der Waals surface area contributed by atoms with Crippen LogP contribution in [0.3, 0.4) is 0 Å². The van der Waals surface area contributed by atoms with E-state index in [1.165, 1.54) is 31.4 Å². The highest BCUT2D eigenvalue weighted by Gasteiger charge is 2.37. The van der Waals surface area contributed by atoms with Gasteiger partial charge in [-0.15, -0.1) is 0 Å². The molecule has 2 aromatic rings. The summed E-state index contributed by atoms with van der Waals surface area (Å²) in [7, 11) is 1.41. The summed E-state index contributed by atoms with van der Waals surface area (Å²) < 4.78 is 43.3. The first kappa shape index (κ1) is 13.4. The summed E-state index contributed by atoms with van der Waals surface area (Å²) in [6, 6.07) is 5.71. The van der Waals surface area contributed by atoms with Crippen molar-refractivity contribution < 1.29 is 17.9 Å². The highest BCUT2D eigenvalue weighted by atomic mass is 35.5. The van der Waals surface area contributed by atoms with E-state index < -0.39 is 17.4 Å². The number of methoxy groups -OCH3 is 1. The minimum atomic E-state index is -4.73. The molecular formula is C12H6ClF3N2O. The van der Waals surface area contributed by atoms with Crippen molar-refractivity contribution in [3.05, 3.63) is 34.5 Å². The molecule has 0 aliphatic rings. The molecule has 98 valence electrons. The molecule has 0 spiro atoms. The lowest BCUT2D eigenvalue weighted by molar-refractivity contribution is -0.141. The molecule has 1 aromatic carbocycles. The van der Waals surface area contributed by atoms with Crippen molar-refractivity contribution in [3.8, 4) is 11.8 Å². The Bertz CT molecular complexity index is 692. The average Bonchev–Trinajstić information content (AvgIpc) is 2.37. The lowest BCUT2D eigenvalue weighted by Gasteiger charge is -2.11. The van der Waals surface area contributed by atoms with Crippen LogP contribution in [0, 0.1) is 11.3 Å². The van der Waals surface area contributed by atoms with Gasteiger partial charge in [0.2, 0.25) is 0 Å². The maximum atomic E-state index is 12.8. The summed E-state index contributed by atoms with van der Waals surface area (Å²) in [5.41, 5.74) is -1.91. The summed E-state index contributed by atoms with van der Waals surface area (Å²) in [5.74, 6) is 0.417. The predicted octanol–water partition coefficient (Wildman–Crippen LogP) is 3.79. The fourth-order valence-electron chi connectivity index (χ4n) is 1.64. The van der Waals surface area contributed by atoms with E-state index >= 15 is 0 Å². The van der Waals surface area contributed by atoms with E-state index in [0.717, 1.165) is 0 Å². The highest BCUT2D eigenvalue weighted by Crippen LogP contribution is 2.37. The zero-order valence-corrected chi connectivity index (χ0v) is 10.3. The summed E-state index contributed by atoms with van der Waals surface area (Å²) in [6.45, 7) is 0. The van der Waals surface area contributed by atoms with E-state index in [0.29, 0.717) is 5.75 Å². The first-order valence-corrected chi connectivity index (χ1v) is 5.41. The Morgan fingerprint density at radius 1 is 1.37 bits per heavy atom. The minimum Gasteiger partial charge on any atom is -0.497 e. The van der Waals surface area contributed by atoms with Crippen LogP contribution >= 0.6 is 11.6 Å². The summed E-state index contributed by atoms with van der Waals surface area (Å²) in [6.07, 6.45) is -4.73. The molecule has 0 aliphatic carbocycles. The van der Waals surface area contributed by atoms with E-state index in [1.807, 2.05) is 0 Å². The Labute approximate surface area is 111 Å². The number of nitrogens with zero attached hydrogens (tertiary/aromatic N) is 2. The van der Waals surface area contributed by atoms with Crippen LogP contribution in [-0.2, 0) is 6.18 Å². The number of ether oxygens (including phenoxy) is 1. The molecule has 7 heteroatoms. The van der Waals surface area contributed by atoms with Crippen molar-refractivity contribution in [3.63, 3.8) is 0 Å². The van der Waals surface area contributed by atoms with Gasteiger partial charge in [-0.1, -0.05) is 11.6 Å². The molecule has 2 rings (SSSR count). The van der Waals surface area contributed by atoms with E-state index in [4.69, 9.17) is 21.6 Å². The molecule has 19 heavy (non-hydrogen) atoms. The fourth-order valence-corrected chi connectivity index (χ4v) is 1.92. The number of hydrogen-bond acceptors (Lipinski definition) is 3. The van der Waals surface area contributed by atoms with Crippen molar-refractivity contribution >= 4 is 22.5 Å². The topological polar surface area (TPSA) is 45.9 Å². The number of halogens is 4. The third kappa shape index (κ3) is 2.29. The summed E-state index contributed by atoms with van der Waals surface area (Å²) >= 11 is 5.86. The molecular weight excluding hydrogens is 281 g/mol. The number of pyridine rings is 1. The third-order valence-electron chi connectivity index (χ3n) is 2.51. The third-order valence-corrected chi connectivity index (χ3v) is 2.90. The van der Waals surface area contributed by atoms with E-state index in [2.05, 4.69) is 4.98 Å². The number of benzene rings is 1. The van der Waals surface area contributed by atoms with E-state index in [9.17, 15) is 13.2 Å². The van der Waals surface area contributed by atoms with Crippen LogP contribution in [0.25, 0.3) is 10.9 Å². The normalized spacial score (nSPS) is 11.4. The molecule has 0 amide bonds. The first-order valence-electron chi connectivity index (χ1n) is 5.03. The maximum absolute atomic E-state index is 12.8. The summed E-state index contributed by atoms with van der Waals surface area (Å²) in [5, 5.41) is 8.81. The van der Waals surface area contributed by atoms with Crippen LogP contribution in [0.4, 0.5) is 13.2 Å². The molecule has 0 unspecified atom stereocenters. The van der Waals surface area contributed by atoms with Crippen molar-refractivity contribution in [2.45, 2.75) is 6.18 Å². The van der Waals surface area contributed by atoms with Crippen molar-refractivity contribution in [1.29, 1.82) is 5.26 Å². The van der Waals surface area contributed by atoms with Crippen LogP contribution in [-0.4, -0.2) is 12.1 Å². The van der Waals surface area contributed by atoms with Gasteiger partial charge >= 0.3 is 6.18 Å². The molecule has 0 radical (unpaired) electrons. The van der Waals surface area contributed by atoms with Gasteiger partial charge in [-0.3, -0.25) is 0 Å². The van der Waals surface area contributed by atoms with Crippen molar-refractivity contribution in [2.24, 2.45) is 0 Å². The Hall–Kier alpha value is -2.00. The molecule has 0 N–H and O–H groups in total. The second-order valence-corrected chi connectivity index (χ2v) is 4.02. The lowest BCUT2D eigenvalue weighted by atomic mass is 10.1. The lowest BCUT2D eigenvalue weighted by Crippen LogP contribution is -2.11. The van der Waals surface area contributed by atoms with Gasteiger partial charge in [0.05, 0.1) is 17.6 Å². The van der Waals surface area contributed by atoms with Gasteiger partial charge in [0.1, 0.15) is 17.4 Å². The number of aromatic nitrogens is 1. The molecule has 0 aliphatic heterocycles. The largest absolute Gasteiger partial charge is 0.497 e. The van der Waals surface area contributed by atoms with Crippen molar-refractivity contribution in [1.82, 2.24) is 4.98 Å². The van der Waals surface area contributed by atoms with Crippen molar-refractivity contribution in [2.75, 3.05) is 7.11 Å². The van der Waals surface area contributed by atoms with Gasteiger partial charge in [-0.2, -0.15) is 18.4 Å². The van der Waals surface area contributed by atoms with Crippen LogP contribution in [0.5, 0.6) is 5.75 Å². The maximum Gasteiger partial charge on any atom is 0.434 e. The van der Waals surface area contributed by atoms with Crippen LogP contribution in [0.15, 0.2) is 18.2 Å². The molecule has 1 aromatic heterocycles. The van der Waals surface area contributed by atoms with Gasteiger partial charge in [0.15, 0.2) is 5.69 Å². The number of fused-ring (bicyclic) bond motifs is 1. The molecule has 0 saturated heterocycles. The summed E-state index contributed by atoms with van der Waals surface area (Å²) in [4.78, 5) is 3.47. The highest BCUT2D eigenvalue weighted by molar-refractivity contribution is 6.36. The van der Waals surface area contributed by atoms with Gasteiger partial charge in [0, 0.05) is 5.39 Å². The SMILES string of the molecule is COc1ccc2nc(C(F)(F)F)c(C#N)c(Cl)c2c1. The second-order valence-electron chi connectivity index (χ2n) is 3.64. The average molecular weight is 287 g/mol. The number of alkyl halides is 3. The van der Waals surface area contributed by atoms with Gasteiger partial charge in [-0.05, 0) is 18.2 Å². The fraction of sp³-hybridized carbons (Fsp3) is 0.167. The van der Waals surface area contributed by atoms with E-state index in [-0.39, 0.29) is 15.9 Å². The molecule has 0 atom stereocenters. The minimum absolute atomic E-state index is 0.0529. The van der Waals surface area contributed by atoms with Crippen LogP contribution in [0.1, 0.15) is 11.3 Å². The Balaban J connectivity index is 2.86. The smallest absolute Gasteiger partial charge is 0.434 e. The van der Waals surface area contributed by atoms with E-state index in [1.54, 1.807) is 0 Å². The zero-order chi connectivity index (χ0) is 14.2. The first-order chi connectivity index (χ1) is 8.88. The zero-order valence-electron chi connectivity index (χ0n) is 9.55. The Kier molecular flexibility index (Phi) is 3.25. The molecule has 3 nitrogen and oxygen atoms in total. The predicted molar refractivity (Wildman–Crippen MR) is 63.0 cm³/mol. The van der Waals surface area contributed by atoms with Gasteiger partial charge in [0.25, 0.3) is 0 Å². The Morgan fingerprint density at radius 2 is 2.05 bits per heavy atom. The van der Waals surface area contributed by atoms with Gasteiger partial charge in [-0.25, -0.2) is 4.98 Å². The Morgan fingerprint density at radius 3 is 2.58 bits per heavy atom. The number of hydrogen-bond donors (Lipinski definition) is 0. The molecule has 0 bridgehead atoms.